The summed E-state index contributed by atoms with van der Waals surface area (Å²) in [7, 11) is 0. The molecule has 3 heteroatoms. The molecule has 0 radical (unpaired) electrons. The minimum Gasteiger partial charge on any atom is -0.301 e. The summed E-state index contributed by atoms with van der Waals surface area (Å²) in [6.45, 7) is 6.14. The van der Waals surface area contributed by atoms with Crippen LogP contribution in [0.15, 0.2) is 24.3 Å². The number of aryl methyl sites for hydroxylation is 2. The molecule has 0 unspecified atom stereocenters. The zero-order valence-corrected chi connectivity index (χ0v) is 10.3. The van der Waals surface area contributed by atoms with Crippen LogP contribution in [0.1, 0.15) is 28.4 Å². The Morgan fingerprint density at radius 2 is 1.82 bits per heavy atom. The van der Waals surface area contributed by atoms with E-state index in [9.17, 15) is 9.59 Å². The molecule has 0 saturated heterocycles. The lowest BCUT2D eigenvalue weighted by Crippen LogP contribution is -2.30. The zero-order chi connectivity index (χ0) is 12.6. The third kappa shape index (κ3) is 1.68. The van der Waals surface area contributed by atoms with Crippen molar-refractivity contribution in [1.82, 2.24) is 0 Å². The predicted octanol–water partition coefficient (Wildman–Crippen LogP) is 2.41. The molecule has 1 aliphatic rings. The molecular formula is C14H15NO2. The molecule has 0 spiro atoms. The van der Waals surface area contributed by atoms with E-state index < -0.39 is 5.91 Å². The van der Waals surface area contributed by atoms with Crippen molar-refractivity contribution in [2.75, 3.05) is 11.4 Å². The summed E-state index contributed by atoms with van der Waals surface area (Å²) < 4.78 is 0. The maximum Gasteiger partial charge on any atom is 0.299 e. The van der Waals surface area contributed by atoms with Gasteiger partial charge in [-0.05, 0) is 31.9 Å². The number of rotatable bonds is 2. The zero-order valence-electron chi connectivity index (χ0n) is 10.3. The Hall–Kier alpha value is -1.90. The number of nitrogens with zero attached hydrogens (tertiary/aromatic N) is 1. The monoisotopic (exact) mass is 229 g/mol. The molecule has 0 N–H and O–H groups in total. The molecule has 1 aromatic rings. The molecule has 88 valence electrons. The molecule has 1 aromatic carbocycles. The molecular weight excluding hydrogens is 214 g/mol. The van der Waals surface area contributed by atoms with Gasteiger partial charge in [0.15, 0.2) is 0 Å². The van der Waals surface area contributed by atoms with Crippen molar-refractivity contribution in [3.8, 4) is 0 Å². The number of amides is 1. The van der Waals surface area contributed by atoms with Gasteiger partial charge in [-0.1, -0.05) is 24.3 Å². The molecule has 2 rings (SSSR count). The molecule has 3 nitrogen and oxygen atoms in total. The van der Waals surface area contributed by atoms with Crippen LogP contribution in [-0.2, 0) is 4.79 Å². The van der Waals surface area contributed by atoms with Gasteiger partial charge in [0.25, 0.3) is 11.7 Å². The van der Waals surface area contributed by atoms with Crippen LogP contribution >= 0.6 is 0 Å². The van der Waals surface area contributed by atoms with Gasteiger partial charge in [-0.2, -0.15) is 0 Å². The highest BCUT2D eigenvalue weighted by atomic mass is 16.2. The minimum atomic E-state index is -0.421. The van der Waals surface area contributed by atoms with E-state index in [0.29, 0.717) is 12.1 Å². The number of benzene rings is 1. The van der Waals surface area contributed by atoms with Crippen molar-refractivity contribution < 1.29 is 9.59 Å². The number of hydrogen-bond acceptors (Lipinski definition) is 2. The summed E-state index contributed by atoms with van der Waals surface area (Å²) in [5.74, 6) is -0.804. The summed E-state index contributed by atoms with van der Waals surface area (Å²) in [5, 5.41) is 0. The summed E-state index contributed by atoms with van der Waals surface area (Å²) in [5.41, 5.74) is 3.18. The summed E-state index contributed by atoms with van der Waals surface area (Å²) in [4.78, 5) is 25.4. The fourth-order valence-corrected chi connectivity index (χ4v) is 2.15. The Morgan fingerprint density at radius 1 is 1.18 bits per heavy atom. The Bertz CT molecular complexity index is 529. The van der Waals surface area contributed by atoms with E-state index >= 15 is 0 Å². The van der Waals surface area contributed by atoms with Gasteiger partial charge in [0.2, 0.25) is 0 Å². The van der Waals surface area contributed by atoms with Crippen molar-refractivity contribution in [2.45, 2.75) is 20.8 Å². The highest BCUT2D eigenvalue weighted by Gasteiger charge is 2.37. The number of allylic oxidation sites excluding steroid dienone is 1. The number of anilines is 1. The van der Waals surface area contributed by atoms with E-state index in [1.807, 2.05) is 45.1 Å². The van der Waals surface area contributed by atoms with Crippen LogP contribution in [0.25, 0.3) is 0 Å². The second-order valence-corrected chi connectivity index (χ2v) is 4.24. The molecule has 0 bridgehead atoms. The van der Waals surface area contributed by atoms with Crippen LogP contribution in [0.4, 0.5) is 5.69 Å². The van der Waals surface area contributed by atoms with Crippen LogP contribution < -0.4 is 4.90 Å². The summed E-state index contributed by atoms with van der Waals surface area (Å²) in [6, 6.07) is 3.83. The molecule has 0 saturated carbocycles. The van der Waals surface area contributed by atoms with Gasteiger partial charge in [-0.25, -0.2) is 0 Å². The number of ketones is 1. The van der Waals surface area contributed by atoms with Gasteiger partial charge in [0.05, 0.1) is 11.3 Å². The van der Waals surface area contributed by atoms with Gasteiger partial charge >= 0.3 is 0 Å². The van der Waals surface area contributed by atoms with E-state index in [4.69, 9.17) is 0 Å². The normalized spacial score (nSPS) is 14.9. The van der Waals surface area contributed by atoms with Crippen LogP contribution in [0.3, 0.4) is 0 Å². The highest BCUT2D eigenvalue weighted by molar-refractivity contribution is 6.52. The van der Waals surface area contributed by atoms with Crippen LogP contribution in [0, 0.1) is 13.8 Å². The van der Waals surface area contributed by atoms with Gasteiger partial charge in [-0.3, -0.25) is 9.59 Å². The van der Waals surface area contributed by atoms with Gasteiger partial charge in [0, 0.05) is 6.54 Å². The fraction of sp³-hybridized carbons (Fsp3) is 0.286. The first-order chi connectivity index (χ1) is 8.07. The lowest BCUT2D eigenvalue weighted by atomic mass is 10.0. The fourth-order valence-electron chi connectivity index (χ4n) is 2.15. The number of carbonyl (C=O) groups excluding carboxylic acids is 2. The molecule has 1 amide bonds. The smallest absolute Gasteiger partial charge is 0.299 e. The highest BCUT2D eigenvalue weighted by Crippen LogP contribution is 2.34. The quantitative estimate of drug-likeness (QED) is 0.577. The SMILES string of the molecule is CC=CCN1C(=O)C(=O)c2c(C)ccc(C)c21. The Balaban J connectivity index is 2.59. The number of carbonyl (C=O) groups is 2. The molecule has 1 heterocycles. The van der Waals surface area contributed by atoms with E-state index in [1.54, 1.807) is 4.90 Å². The lowest BCUT2D eigenvalue weighted by molar-refractivity contribution is -0.114. The maximum absolute atomic E-state index is 11.9. The number of Topliss-reactive ketones (excluding diaryl/α,β-unsaturated/α-hetero) is 1. The average Bonchev–Trinajstić information content (AvgIpc) is 2.56. The third-order valence-electron chi connectivity index (χ3n) is 3.05. The second kappa shape index (κ2) is 4.17. The topological polar surface area (TPSA) is 37.4 Å². The average molecular weight is 229 g/mol. The molecule has 0 fully saturated rings. The maximum atomic E-state index is 11.9. The number of fused-ring (bicyclic) bond motifs is 1. The van der Waals surface area contributed by atoms with E-state index in [1.165, 1.54) is 0 Å². The first-order valence-electron chi connectivity index (χ1n) is 5.65. The van der Waals surface area contributed by atoms with Gasteiger partial charge < -0.3 is 4.90 Å². The van der Waals surface area contributed by atoms with Gasteiger partial charge in [-0.15, -0.1) is 0 Å². The van der Waals surface area contributed by atoms with Crippen molar-refractivity contribution in [1.29, 1.82) is 0 Å². The van der Waals surface area contributed by atoms with Crippen molar-refractivity contribution in [3.05, 3.63) is 41.0 Å². The molecule has 0 aliphatic carbocycles. The predicted molar refractivity (Wildman–Crippen MR) is 67.4 cm³/mol. The van der Waals surface area contributed by atoms with E-state index in [0.717, 1.165) is 16.8 Å². The van der Waals surface area contributed by atoms with E-state index in [2.05, 4.69) is 0 Å². The molecule has 1 aliphatic heterocycles. The molecule has 0 atom stereocenters. The largest absolute Gasteiger partial charge is 0.301 e. The van der Waals surface area contributed by atoms with Crippen molar-refractivity contribution in [2.24, 2.45) is 0 Å². The minimum absolute atomic E-state index is 0.384. The molecule has 17 heavy (non-hydrogen) atoms. The Labute approximate surface area is 101 Å². The second-order valence-electron chi connectivity index (χ2n) is 4.24. The van der Waals surface area contributed by atoms with Crippen LogP contribution in [-0.4, -0.2) is 18.2 Å². The van der Waals surface area contributed by atoms with Crippen LogP contribution in [0.2, 0.25) is 0 Å². The first kappa shape index (κ1) is 11.6. The standard InChI is InChI=1S/C14H15NO2/c1-4-5-8-15-12-10(3)7-6-9(2)11(12)13(16)14(15)17/h4-7H,8H2,1-3H3. The van der Waals surface area contributed by atoms with E-state index in [-0.39, 0.29) is 5.78 Å². The Kier molecular flexibility index (Phi) is 2.84. The first-order valence-corrected chi connectivity index (χ1v) is 5.65. The summed E-state index contributed by atoms with van der Waals surface area (Å²) in [6.07, 6.45) is 3.75. The number of hydrogen-bond donors (Lipinski definition) is 0. The van der Waals surface area contributed by atoms with Crippen LogP contribution in [0.5, 0.6) is 0 Å². The third-order valence-corrected chi connectivity index (χ3v) is 3.05. The molecule has 0 aromatic heterocycles. The summed E-state index contributed by atoms with van der Waals surface area (Å²) >= 11 is 0. The lowest BCUT2D eigenvalue weighted by Gasteiger charge is -2.16. The van der Waals surface area contributed by atoms with Gasteiger partial charge in [0.1, 0.15) is 0 Å². The van der Waals surface area contributed by atoms with Crippen molar-refractivity contribution in [3.63, 3.8) is 0 Å². The van der Waals surface area contributed by atoms with Crippen molar-refractivity contribution >= 4 is 17.4 Å². The Morgan fingerprint density at radius 3 is 2.47 bits per heavy atom.